The average molecular weight is 259 g/mol. The van der Waals surface area contributed by atoms with Crippen LogP contribution in [0.5, 0.6) is 0 Å². The molecule has 17 heavy (non-hydrogen) atoms. The first-order valence-electron chi connectivity index (χ1n) is 5.51. The standard InChI is InChI=1S/C12H16ClFN2O/c1-3-8(2)16-11(17)7-15-12-9(13)5-4-6-10(12)14/h4-6,8,15H,3,7H2,1-2H3,(H,16,17). The zero-order chi connectivity index (χ0) is 12.8. The first-order chi connectivity index (χ1) is 8.04. The van der Waals surface area contributed by atoms with Gasteiger partial charge in [-0.3, -0.25) is 4.79 Å². The van der Waals surface area contributed by atoms with E-state index in [1.165, 1.54) is 12.1 Å². The summed E-state index contributed by atoms with van der Waals surface area (Å²) in [5.41, 5.74) is 0.161. The second-order valence-corrected chi connectivity index (χ2v) is 4.23. The Labute approximate surface area is 105 Å². The van der Waals surface area contributed by atoms with Crippen LogP contribution in [-0.4, -0.2) is 18.5 Å². The molecule has 0 spiro atoms. The Kier molecular flexibility index (Phi) is 5.22. The summed E-state index contributed by atoms with van der Waals surface area (Å²) in [6.45, 7) is 3.89. The molecule has 94 valence electrons. The minimum Gasteiger partial charge on any atom is -0.373 e. The first-order valence-corrected chi connectivity index (χ1v) is 5.89. The molecule has 0 heterocycles. The predicted molar refractivity (Wildman–Crippen MR) is 67.8 cm³/mol. The minimum atomic E-state index is -0.464. The van der Waals surface area contributed by atoms with Crippen molar-refractivity contribution in [1.82, 2.24) is 5.32 Å². The Morgan fingerprint density at radius 1 is 1.53 bits per heavy atom. The van der Waals surface area contributed by atoms with Crippen molar-refractivity contribution in [2.45, 2.75) is 26.3 Å². The van der Waals surface area contributed by atoms with Crippen molar-refractivity contribution in [1.29, 1.82) is 0 Å². The fourth-order valence-corrected chi connectivity index (χ4v) is 1.49. The van der Waals surface area contributed by atoms with E-state index < -0.39 is 5.82 Å². The zero-order valence-electron chi connectivity index (χ0n) is 9.89. The highest BCUT2D eigenvalue weighted by Gasteiger charge is 2.09. The lowest BCUT2D eigenvalue weighted by molar-refractivity contribution is -0.120. The van der Waals surface area contributed by atoms with Gasteiger partial charge in [0.05, 0.1) is 17.3 Å². The largest absolute Gasteiger partial charge is 0.373 e. The van der Waals surface area contributed by atoms with Gasteiger partial charge >= 0.3 is 0 Å². The number of amides is 1. The van der Waals surface area contributed by atoms with Crippen molar-refractivity contribution in [2.75, 3.05) is 11.9 Å². The molecule has 0 aliphatic rings. The van der Waals surface area contributed by atoms with E-state index in [-0.39, 0.29) is 29.2 Å². The van der Waals surface area contributed by atoms with E-state index in [2.05, 4.69) is 10.6 Å². The SMILES string of the molecule is CCC(C)NC(=O)CNc1c(F)cccc1Cl. The summed E-state index contributed by atoms with van der Waals surface area (Å²) in [4.78, 5) is 11.5. The fraction of sp³-hybridized carbons (Fsp3) is 0.417. The van der Waals surface area contributed by atoms with Crippen LogP contribution in [0, 0.1) is 5.82 Å². The molecular weight excluding hydrogens is 243 g/mol. The number of carbonyl (C=O) groups excluding carboxylic acids is 1. The Hall–Kier alpha value is -1.29. The Morgan fingerprint density at radius 3 is 2.82 bits per heavy atom. The van der Waals surface area contributed by atoms with Crippen molar-refractivity contribution in [3.63, 3.8) is 0 Å². The summed E-state index contributed by atoms with van der Waals surface area (Å²) in [6, 6.07) is 4.49. The third-order valence-electron chi connectivity index (χ3n) is 2.41. The van der Waals surface area contributed by atoms with Gasteiger partial charge in [-0.15, -0.1) is 0 Å². The maximum Gasteiger partial charge on any atom is 0.239 e. The van der Waals surface area contributed by atoms with E-state index in [0.717, 1.165) is 6.42 Å². The molecule has 1 aromatic rings. The summed E-state index contributed by atoms with van der Waals surface area (Å²) in [5, 5.41) is 5.73. The molecule has 1 amide bonds. The van der Waals surface area contributed by atoms with E-state index in [9.17, 15) is 9.18 Å². The van der Waals surface area contributed by atoms with Crippen LogP contribution in [0.15, 0.2) is 18.2 Å². The summed E-state index contributed by atoms with van der Waals surface area (Å²) < 4.78 is 13.4. The van der Waals surface area contributed by atoms with Crippen molar-refractivity contribution in [3.05, 3.63) is 29.0 Å². The zero-order valence-corrected chi connectivity index (χ0v) is 10.6. The monoisotopic (exact) mass is 258 g/mol. The van der Waals surface area contributed by atoms with E-state index in [4.69, 9.17) is 11.6 Å². The van der Waals surface area contributed by atoms with Gasteiger partial charge in [0, 0.05) is 6.04 Å². The minimum absolute atomic E-state index is 0.00495. The quantitative estimate of drug-likeness (QED) is 0.853. The topological polar surface area (TPSA) is 41.1 Å². The molecule has 0 radical (unpaired) electrons. The fourth-order valence-electron chi connectivity index (χ4n) is 1.26. The van der Waals surface area contributed by atoms with Gasteiger partial charge in [-0.2, -0.15) is 0 Å². The maximum absolute atomic E-state index is 13.4. The predicted octanol–water partition coefficient (Wildman–Crippen LogP) is 2.81. The van der Waals surface area contributed by atoms with E-state index in [1.807, 2.05) is 13.8 Å². The molecule has 3 nitrogen and oxygen atoms in total. The number of hydrogen-bond donors (Lipinski definition) is 2. The smallest absolute Gasteiger partial charge is 0.239 e. The van der Waals surface area contributed by atoms with Crippen LogP contribution < -0.4 is 10.6 Å². The summed E-state index contributed by atoms with van der Waals surface area (Å²) in [6.07, 6.45) is 0.853. The molecule has 0 fully saturated rings. The summed E-state index contributed by atoms with van der Waals surface area (Å²) in [7, 11) is 0. The highest BCUT2D eigenvalue weighted by Crippen LogP contribution is 2.24. The van der Waals surface area contributed by atoms with Gasteiger partial charge in [-0.1, -0.05) is 24.6 Å². The van der Waals surface area contributed by atoms with E-state index in [1.54, 1.807) is 6.07 Å². The van der Waals surface area contributed by atoms with Crippen molar-refractivity contribution < 1.29 is 9.18 Å². The molecule has 0 saturated heterocycles. The number of hydrogen-bond acceptors (Lipinski definition) is 2. The Balaban J connectivity index is 2.53. The Bertz CT molecular complexity index is 378. The van der Waals surface area contributed by atoms with Gasteiger partial charge in [0.2, 0.25) is 5.91 Å². The second-order valence-electron chi connectivity index (χ2n) is 3.83. The molecule has 0 saturated carbocycles. The van der Waals surface area contributed by atoms with E-state index in [0.29, 0.717) is 0 Å². The lowest BCUT2D eigenvalue weighted by Crippen LogP contribution is -2.36. The van der Waals surface area contributed by atoms with Gasteiger partial charge in [0.15, 0.2) is 0 Å². The molecule has 1 rings (SSSR count). The highest BCUT2D eigenvalue weighted by molar-refractivity contribution is 6.33. The third kappa shape index (κ3) is 4.23. The normalized spacial score (nSPS) is 12.0. The number of carbonyl (C=O) groups is 1. The number of halogens is 2. The van der Waals surface area contributed by atoms with Crippen LogP contribution in [0.4, 0.5) is 10.1 Å². The molecule has 0 aromatic heterocycles. The number of rotatable bonds is 5. The van der Waals surface area contributed by atoms with Gasteiger partial charge in [0.25, 0.3) is 0 Å². The number of nitrogens with one attached hydrogen (secondary N) is 2. The van der Waals surface area contributed by atoms with Crippen LogP contribution in [-0.2, 0) is 4.79 Å². The molecule has 2 N–H and O–H groups in total. The van der Waals surface area contributed by atoms with Crippen LogP contribution in [0.2, 0.25) is 5.02 Å². The first kappa shape index (κ1) is 13.8. The van der Waals surface area contributed by atoms with Gasteiger partial charge in [-0.05, 0) is 25.5 Å². The van der Waals surface area contributed by atoms with Crippen molar-refractivity contribution in [2.24, 2.45) is 0 Å². The second kappa shape index (κ2) is 6.45. The molecule has 1 aromatic carbocycles. The van der Waals surface area contributed by atoms with Gasteiger partial charge in [-0.25, -0.2) is 4.39 Å². The Morgan fingerprint density at radius 2 is 2.24 bits per heavy atom. The van der Waals surface area contributed by atoms with Crippen LogP contribution >= 0.6 is 11.6 Å². The number of benzene rings is 1. The molecule has 0 aliphatic carbocycles. The van der Waals surface area contributed by atoms with Gasteiger partial charge in [0.1, 0.15) is 5.82 Å². The highest BCUT2D eigenvalue weighted by atomic mass is 35.5. The molecule has 5 heteroatoms. The molecule has 1 unspecified atom stereocenters. The maximum atomic E-state index is 13.4. The number of para-hydroxylation sites is 1. The summed E-state index contributed by atoms with van der Waals surface area (Å²) >= 11 is 5.81. The van der Waals surface area contributed by atoms with E-state index >= 15 is 0 Å². The van der Waals surface area contributed by atoms with Crippen LogP contribution in [0.1, 0.15) is 20.3 Å². The van der Waals surface area contributed by atoms with Gasteiger partial charge < -0.3 is 10.6 Å². The molecule has 1 atom stereocenters. The molecule has 0 bridgehead atoms. The van der Waals surface area contributed by atoms with Crippen molar-refractivity contribution in [3.8, 4) is 0 Å². The lowest BCUT2D eigenvalue weighted by atomic mass is 10.2. The number of anilines is 1. The lowest BCUT2D eigenvalue weighted by Gasteiger charge is -2.13. The third-order valence-corrected chi connectivity index (χ3v) is 2.72. The average Bonchev–Trinajstić information content (AvgIpc) is 2.28. The van der Waals surface area contributed by atoms with Crippen LogP contribution in [0.3, 0.4) is 0 Å². The van der Waals surface area contributed by atoms with Crippen LogP contribution in [0.25, 0.3) is 0 Å². The summed E-state index contributed by atoms with van der Waals surface area (Å²) in [5.74, 6) is -0.646. The molecular formula is C12H16ClFN2O. The van der Waals surface area contributed by atoms with Crippen molar-refractivity contribution >= 4 is 23.2 Å². The molecule has 0 aliphatic heterocycles.